The second kappa shape index (κ2) is 10.2. The Balaban J connectivity index is 3.96. The fraction of sp³-hybridized carbons (Fsp3) is 0.833. The van der Waals surface area contributed by atoms with Crippen molar-refractivity contribution in [3.8, 4) is 0 Å². The number of rotatable bonds is 9. The highest BCUT2D eigenvalue weighted by Gasteiger charge is 2.16. The summed E-state index contributed by atoms with van der Waals surface area (Å²) in [6.07, 6.45) is 1.91. The van der Waals surface area contributed by atoms with Crippen LogP contribution in [0.15, 0.2) is 0 Å². The standard InChI is InChI=1S/C12H24N2O3S/c1-4-6-14(7-5-2)11(15)9-18-8-10(13)12(16)17-3/h10H,4-9,13H2,1-3H3. The molecule has 2 N–H and O–H groups in total. The Hall–Kier alpha value is -0.750. The summed E-state index contributed by atoms with van der Waals surface area (Å²) in [6.45, 7) is 5.68. The Bertz CT molecular complexity index is 256. The first-order valence-electron chi connectivity index (χ1n) is 6.25. The van der Waals surface area contributed by atoms with E-state index in [2.05, 4.69) is 18.6 Å². The molecule has 0 aromatic rings. The molecule has 0 fully saturated rings. The van der Waals surface area contributed by atoms with Gasteiger partial charge in [0, 0.05) is 18.8 Å². The number of nitrogens with two attached hydrogens (primary N) is 1. The molecule has 0 rings (SSSR count). The van der Waals surface area contributed by atoms with Gasteiger partial charge >= 0.3 is 5.97 Å². The Morgan fingerprint density at radius 2 is 1.83 bits per heavy atom. The maximum Gasteiger partial charge on any atom is 0.323 e. The van der Waals surface area contributed by atoms with Crippen molar-refractivity contribution in [3.05, 3.63) is 0 Å². The molecule has 0 saturated heterocycles. The summed E-state index contributed by atoms with van der Waals surface area (Å²) in [5, 5.41) is 0. The fourth-order valence-corrected chi connectivity index (χ4v) is 2.35. The number of thioether (sulfide) groups is 1. The number of amides is 1. The van der Waals surface area contributed by atoms with E-state index in [4.69, 9.17) is 5.73 Å². The van der Waals surface area contributed by atoms with Crippen molar-refractivity contribution in [1.82, 2.24) is 4.90 Å². The summed E-state index contributed by atoms with van der Waals surface area (Å²) in [6, 6.07) is -0.654. The highest BCUT2D eigenvalue weighted by molar-refractivity contribution is 8.00. The molecule has 18 heavy (non-hydrogen) atoms. The summed E-state index contributed by atoms with van der Waals surface area (Å²) in [7, 11) is 1.31. The number of hydrogen-bond donors (Lipinski definition) is 1. The van der Waals surface area contributed by atoms with Crippen LogP contribution in [-0.4, -0.2) is 54.5 Å². The molecule has 106 valence electrons. The van der Waals surface area contributed by atoms with Gasteiger partial charge in [0.2, 0.25) is 5.91 Å². The third-order valence-corrected chi connectivity index (χ3v) is 3.41. The van der Waals surface area contributed by atoms with Gasteiger partial charge in [0.15, 0.2) is 0 Å². The van der Waals surface area contributed by atoms with Crippen LogP contribution in [-0.2, 0) is 14.3 Å². The summed E-state index contributed by atoms with van der Waals surface area (Å²) >= 11 is 1.38. The largest absolute Gasteiger partial charge is 0.468 e. The monoisotopic (exact) mass is 276 g/mol. The van der Waals surface area contributed by atoms with Crippen LogP contribution in [0.1, 0.15) is 26.7 Å². The third kappa shape index (κ3) is 6.86. The summed E-state index contributed by atoms with van der Waals surface area (Å²) in [4.78, 5) is 24.8. The third-order valence-electron chi connectivity index (χ3n) is 2.37. The number of carbonyl (C=O) groups excluding carboxylic acids is 2. The lowest BCUT2D eigenvalue weighted by molar-refractivity contribution is -0.141. The lowest BCUT2D eigenvalue weighted by Gasteiger charge is -2.21. The Morgan fingerprint density at radius 1 is 1.28 bits per heavy atom. The van der Waals surface area contributed by atoms with E-state index >= 15 is 0 Å². The van der Waals surface area contributed by atoms with Gasteiger partial charge in [-0.1, -0.05) is 13.8 Å². The van der Waals surface area contributed by atoms with E-state index in [1.54, 1.807) is 0 Å². The Labute approximate surface area is 113 Å². The maximum absolute atomic E-state index is 11.9. The molecule has 0 spiro atoms. The molecule has 0 aliphatic carbocycles. The number of carbonyl (C=O) groups is 2. The van der Waals surface area contributed by atoms with Gasteiger partial charge < -0.3 is 15.4 Å². The normalized spacial score (nSPS) is 12.0. The second-order valence-electron chi connectivity index (χ2n) is 4.03. The summed E-state index contributed by atoms with van der Waals surface area (Å²) in [5.41, 5.74) is 5.59. The summed E-state index contributed by atoms with van der Waals surface area (Å²) < 4.78 is 4.52. The van der Waals surface area contributed by atoms with Crippen molar-refractivity contribution in [3.63, 3.8) is 0 Å². The average Bonchev–Trinajstić information content (AvgIpc) is 2.37. The van der Waals surface area contributed by atoms with Gasteiger partial charge in [0.25, 0.3) is 0 Å². The second-order valence-corrected chi connectivity index (χ2v) is 5.06. The Morgan fingerprint density at radius 3 is 2.28 bits per heavy atom. The molecule has 0 radical (unpaired) electrons. The molecule has 6 heteroatoms. The van der Waals surface area contributed by atoms with Crippen molar-refractivity contribution < 1.29 is 14.3 Å². The molecule has 1 atom stereocenters. The molecule has 0 aliphatic rings. The number of esters is 1. The maximum atomic E-state index is 11.9. The van der Waals surface area contributed by atoms with Crippen LogP contribution in [0.2, 0.25) is 0 Å². The molecule has 0 bridgehead atoms. The molecule has 0 heterocycles. The van der Waals surface area contributed by atoms with Gasteiger partial charge in [-0.2, -0.15) is 0 Å². The first-order valence-corrected chi connectivity index (χ1v) is 7.41. The van der Waals surface area contributed by atoms with Gasteiger partial charge in [-0.15, -0.1) is 11.8 Å². The zero-order valence-corrected chi connectivity index (χ0v) is 12.3. The molecular weight excluding hydrogens is 252 g/mol. The van der Waals surface area contributed by atoms with Crippen molar-refractivity contribution in [2.45, 2.75) is 32.7 Å². The molecule has 0 aliphatic heterocycles. The van der Waals surface area contributed by atoms with Crippen molar-refractivity contribution in [2.75, 3.05) is 31.7 Å². The minimum atomic E-state index is -0.654. The van der Waals surface area contributed by atoms with E-state index in [1.165, 1.54) is 18.9 Å². The topological polar surface area (TPSA) is 72.6 Å². The van der Waals surface area contributed by atoms with Crippen LogP contribution in [0.3, 0.4) is 0 Å². The predicted octanol–water partition coefficient (Wildman–Crippen LogP) is 0.869. The van der Waals surface area contributed by atoms with Crippen LogP contribution in [0.25, 0.3) is 0 Å². The molecule has 0 saturated carbocycles. The quantitative estimate of drug-likeness (QED) is 0.633. The predicted molar refractivity (Wildman–Crippen MR) is 74.5 cm³/mol. The molecule has 0 aromatic carbocycles. The van der Waals surface area contributed by atoms with Crippen LogP contribution < -0.4 is 5.73 Å². The van der Waals surface area contributed by atoms with Gasteiger partial charge in [-0.3, -0.25) is 9.59 Å². The number of methoxy groups -OCH3 is 1. The van der Waals surface area contributed by atoms with E-state index in [0.717, 1.165) is 25.9 Å². The van der Waals surface area contributed by atoms with Crippen LogP contribution >= 0.6 is 11.8 Å². The molecule has 5 nitrogen and oxygen atoms in total. The van der Waals surface area contributed by atoms with Crippen molar-refractivity contribution in [2.24, 2.45) is 5.73 Å². The smallest absolute Gasteiger partial charge is 0.323 e. The zero-order valence-electron chi connectivity index (χ0n) is 11.5. The SMILES string of the molecule is CCCN(CCC)C(=O)CSCC(N)C(=O)OC. The van der Waals surface area contributed by atoms with Gasteiger partial charge in [-0.25, -0.2) is 0 Å². The Kier molecular flexibility index (Phi) is 9.77. The minimum absolute atomic E-state index is 0.112. The highest BCUT2D eigenvalue weighted by Crippen LogP contribution is 2.06. The fourth-order valence-electron chi connectivity index (χ4n) is 1.48. The zero-order chi connectivity index (χ0) is 14.0. The highest BCUT2D eigenvalue weighted by atomic mass is 32.2. The first kappa shape index (κ1) is 17.2. The van der Waals surface area contributed by atoms with Crippen LogP contribution in [0.4, 0.5) is 0 Å². The number of hydrogen-bond acceptors (Lipinski definition) is 5. The lowest BCUT2D eigenvalue weighted by atomic mass is 10.3. The van der Waals surface area contributed by atoms with Gasteiger partial charge in [0.1, 0.15) is 6.04 Å². The van der Waals surface area contributed by atoms with Crippen LogP contribution in [0.5, 0.6) is 0 Å². The van der Waals surface area contributed by atoms with Gasteiger partial charge in [-0.05, 0) is 12.8 Å². The van der Waals surface area contributed by atoms with E-state index in [1.807, 2.05) is 4.90 Å². The summed E-state index contributed by atoms with van der Waals surface area (Å²) in [5.74, 6) is 0.449. The van der Waals surface area contributed by atoms with Crippen molar-refractivity contribution >= 4 is 23.6 Å². The average molecular weight is 276 g/mol. The molecule has 1 amide bonds. The molecular formula is C12H24N2O3S. The van der Waals surface area contributed by atoms with E-state index in [-0.39, 0.29) is 5.91 Å². The van der Waals surface area contributed by atoms with Gasteiger partial charge in [0.05, 0.1) is 12.9 Å². The van der Waals surface area contributed by atoms with Crippen LogP contribution in [0, 0.1) is 0 Å². The van der Waals surface area contributed by atoms with E-state index in [9.17, 15) is 9.59 Å². The van der Waals surface area contributed by atoms with E-state index in [0.29, 0.717) is 11.5 Å². The van der Waals surface area contributed by atoms with Crippen molar-refractivity contribution in [1.29, 1.82) is 0 Å². The number of nitrogens with zero attached hydrogens (tertiary/aromatic N) is 1. The van der Waals surface area contributed by atoms with E-state index < -0.39 is 12.0 Å². The number of ether oxygens (including phenoxy) is 1. The molecule has 0 aromatic heterocycles. The first-order chi connectivity index (χ1) is 8.56. The minimum Gasteiger partial charge on any atom is -0.468 e. The lowest BCUT2D eigenvalue weighted by Crippen LogP contribution is -2.36. The molecule has 1 unspecified atom stereocenters.